The molecule has 10 heteroatoms. The monoisotopic (exact) mass is 426 g/mol. The van der Waals surface area contributed by atoms with Crippen molar-refractivity contribution in [1.29, 1.82) is 0 Å². The summed E-state index contributed by atoms with van der Waals surface area (Å²) in [6, 6.07) is 6.78. The number of sulfonamides is 1. The molecule has 2 aromatic rings. The van der Waals surface area contributed by atoms with Gasteiger partial charge in [-0.1, -0.05) is 18.5 Å². The Kier molecular flexibility index (Phi) is 6.17. The molecule has 0 bridgehead atoms. The summed E-state index contributed by atoms with van der Waals surface area (Å²) < 4.78 is 40.8. The van der Waals surface area contributed by atoms with Crippen molar-refractivity contribution >= 4 is 33.3 Å². The molecule has 0 spiro atoms. The molecule has 1 N–H and O–H groups in total. The van der Waals surface area contributed by atoms with Gasteiger partial charge in [-0.25, -0.2) is 22.5 Å². The Morgan fingerprint density at radius 3 is 2.54 bits per heavy atom. The van der Waals surface area contributed by atoms with Crippen molar-refractivity contribution in [3.8, 4) is 0 Å². The molecule has 0 aliphatic carbocycles. The molecule has 0 atom stereocenters. The highest BCUT2D eigenvalue weighted by molar-refractivity contribution is 7.89. The third kappa shape index (κ3) is 4.43. The van der Waals surface area contributed by atoms with Crippen LogP contribution in [0, 0.1) is 5.82 Å². The first-order valence-corrected chi connectivity index (χ1v) is 10.6. The van der Waals surface area contributed by atoms with E-state index >= 15 is 0 Å². The second-order valence-electron chi connectivity index (χ2n) is 6.26. The fraction of sp³-hybridized carbons (Fsp3) is 0.333. The largest absolute Gasteiger partial charge is 0.353 e. The van der Waals surface area contributed by atoms with Crippen molar-refractivity contribution in [2.45, 2.75) is 11.8 Å². The number of hydrogen-bond donors (Lipinski definition) is 1. The van der Waals surface area contributed by atoms with Gasteiger partial charge >= 0.3 is 0 Å². The Morgan fingerprint density at radius 1 is 1.21 bits per heavy atom. The van der Waals surface area contributed by atoms with E-state index in [0.717, 1.165) is 24.0 Å². The maximum absolute atomic E-state index is 14.2. The zero-order chi connectivity index (χ0) is 20.3. The molecule has 0 saturated carbocycles. The van der Waals surface area contributed by atoms with Gasteiger partial charge in [0, 0.05) is 38.9 Å². The highest BCUT2D eigenvalue weighted by Gasteiger charge is 2.26. The number of rotatable bonds is 5. The second-order valence-corrected chi connectivity index (χ2v) is 8.46. The minimum Gasteiger partial charge on any atom is -0.353 e. The molecule has 1 aromatic carbocycles. The van der Waals surface area contributed by atoms with Gasteiger partial charge in [0.05, 0.1) is 15.5 Å². The van der Waals surface area contributed by atoms with E-state index in [1.54, 1.807) is 25.3 Å². The van der Waals surface area contributed by atoms with Gasteiger partial charge in [0.1, 0.15) is 11.6 Å². The smallest absolute Gasteiger partial charge is 0.256 e. The molecule has 1 fully saturated rings. The molecule has 1 amide bonds. The Bertz CT molecular complexity index is 961. The third-order valence-corrected chi connectivity index (χ3v) is 6.18. The third-order valence-electron chi connectivity index (χ3n) is 4.42. The van der Waals surface area contributed by atoms with E-state index < -0.39 is 21.7 Å². The van der Waals surface area contributed by atoms with E-state index in [1.807, 2.05) is 4.90 Å². The van der Waals surface area contributed by atoms with Crippen LogP contribution < -0.4 is 9.62 Å². The number of carbonyl (C=O) groups is 1. The lowest BCUT2D eigenvalue weighted by Crippen LogP contribution is -2.49. The number of benzene rings is 1. The van der Waals surface area contributed by atoms with Gasteiger partial charge in [-0.2, -0.15) is 0 Å². The number of amides is 1. The molecular weight excluding hydrogens is 407 g/mol. The van der Waals surface area contributed by atoms with Crippen LogP contribution in [-0.2, 0) is 10.0 Å². The summed E-state index contributed by atoms with van der Waals surface area (Å²) in [5.74, 6) is -0.529. The summed E-state index contributed by atoms with van der Waals surface area (Å²) in [6.45, 7) is 3.63. The Balaban J connectivity index is 1.74. The van der Waals surface area contributed by atoms with E-state index in [2.05, 4.69) is 9.71 Å². The van der Waals surface area contributed by atoms with Crippen LogP contribution >= 0.6 is 11.6 Å². The normalized spacial score (nSPS) is 15.0. The van der Waals surface area contributed by atoms with Gasteiger partial charge in [-0.05, 0) is 30.3 Å². The van der Waals surface area contributed by atoms with Gasteiger partial charge in [0.25, 0.3) is 5.91 Å². The lowest BCUT2D eigenvalue weighted by atomic mass is 10.1. The number of carbonyl (C=O) groups excluding carboxylic acids is 1. The summed E-state index contributed by atoms with van der Waals surface area (Å²) in [6.07, 6.45) is 1.56. The summed E-state index contributed by atoms with van der Waals surface area (Å²) >= 11 is 5.85. The van der Waals surface area contributed by atoms with E-state index in [0.29, 0.717) is 31.2 Å². The summed E-state index contributed by atoms with van der Waals surface area (Å²) in [5.41, 5.74) is -0.253. The van der Waals surface area contributed by atoms with Crippen molar-refractivity contribution in [2.75, 3.05) is 37.6 Å². The number of pyridine rings is 1. The van der Waals surface area contributed by atoms with Crippen LogP contribution in [0.5, 0.6) is 0 Å². The van der Waals surface area contributed by atoms with Crippen LogP contribution in [0.3, 0.4) is 0 Å². The molecule has 0 unspecified atom stereocenters. The first-order chi connectivity index (χ1) is 13.3. The van der Waals surface area contributed by atoms with E-state index in [9.17, 15) is 17.6 Å². The van der Waals surface area contributed by atoms with E-state index in [-0.39, 0.29) is 17.0 Å². The van der Waals surface area contributed by atoms with Crippen LogP contribution in [0.15, 0.2) is 41.4 Å². The maximum Gasteiger partial charge on any atom is 0.256 e. The molecule has 1 saturated heterocycles. The number of halogens is 2. The number of aromatic nitrogens is 1. The SMILES string of the molecule is CCNS(=O)(=O)c1ccc(F)c(C(=O)N2CCN(c3ccc(Cl)cn3)CC2)c1. The number of anilines is 1. The van der Waals surface area contributed by atoms with Gasteiger partial charge in [0.2, 0.25) is 10.0 Å². The predicted molar refractivity (Wildman–Crippen MR) is 105 cm³/mol. The van der Waals surface area contributed by atoms with Crippen LogP contribution in [0.4, 0.5) is 10.2 Å². The van der Waals surface area contributed by atoms with Crippen molar-refractivity contribution in [1.82, 2.24) is 14.6 Å². The lowest BCUT2D eigenvalue weighted by Gasteiger charge is -2.35. The molecule has 1 aliphatic heterocycles. The number of piperazine rings is 1. The molecule has 150 valence electrons. The number of nitrogens with one attached hydrogen (secondary N) is 1. The fourth-order valence-corrected chi connectivity index (χ4v) is 4.15. The Hall–Kier alpha value is -2.23. The highest BCUT2D eigenvalue weighted by Crippen LogP contribution is 2.20. The zero-order valence-corrected chi connectivity index (χ0v) is 16.8. The first-order valence-electron chi connectivity index (χ1n) is 8.77. The molecule has 2 heterocycles. The second kappa shape index (κ2) is 8.42. The molecule has 1 aromatic heterocycles. The fourth-order valence-electron chi connectivity index (χ4n) is 2.97. The predicted octanol–water partition coefficient (Wildman–Crippen LogP) is 2.13. The molecule has 3 rings (SSSR count). The van der Waals surface area contributed by atoms with Gasteiger partial charge in [-0.15, -0.1) is 0 Å². The van der Waals surface area contributed by atoms with Crippen molar-refractivity contribution in [3.05, 3.63) is 52.9 Å². The van der Waals surface area contributed by atoms with Crippen LogP contribution in [0.25, 0.3) is 0 Å². The molecule has 1 aliphatic rings. The minimum absolute atomic E-state index is 0.136. The highest BCUT2D eigenvalue weighted by atomic mass is 35.5. The minimum atomic E-state index is -3.78. The van der Waals surface area contributed by atoms with Gasteiger partial charge in [-0.3, -0.25) is 4.79 Å². The summed E-state index contributed by atoms with van der Waals surface area (Å²) in [7, 11) is -3.78. The summed E-state index contributed by atoms with van der Waals surface area (Å²) in [4.78, 5) is 20.4. The van der Waals surface area contributed by atoms with Crippen molar-refractivity contribution in [3.63, 3.8) is 0 Å². The standard InChI is InChI=1S/C18H20ClFN4O3S/c1-2-22-28(26,27)14-4-5-16(20)15(11-14)18(25)24-9-7-23(8-10-24)17-6-3-13(19)12-21-17/h3-6,11-12,22H,2,7-10H2,1H3. The number of nitrogens with zero attached hydrogens (tertiary/aromatic N) is 3. The first kappa shape index (κ1) is 20.5. The van der Waals surface area contributed by atoms with Crippen molar-refractivity contribution in [2.24, 2.45) is 0 Å². The van der Waals surface area contributed by atoms with Gasteiger partial charge in [0.15, 0.2) is 0 Å². The molecule has 0 radical (unpaired) electrons. The number of hydrogen-bond acceptors (Lipinski definition) is 5. The zero-order valence-electron chi connectivity index (χ0n) is 15.2. The topological polar surface area (TPSA) is 82.6 Å². The van der Waals surface area contributed by atoms with Crippen molar-refractivity contribution < 1.29 is 17.6 Å². The maximum atomic E-state index is 14.2. The average molecular weight is 427 g/mol. The summed E-state index contributed by atoms with van der Waals surface area (Å²) in [5, 5.41) is 0.542. The van der Waals surface area contributed by atoms with Crippen LogP contribution in [0.2, 0.25) is 5.02 Å². The average Bonchev–Trinajstić information content (AvgIpc) is 2.68. The van der Waals surface area contributed by atoms with Crippen LogP contribution in [0.1, 0.15) is 17.3 Å². The van der Waals surface area contributed by atoms with E-state index in [4.69, 9.17) is 11.6 Å². The lowest BCUT2D eigenvalue weighted by molar-refractivity contribution is 0.0741. The molecular formula is C18H20ClFN4O3S. The molecule has 28 heavy (non-hydrogen) atoms. The quantitative estimate of drug-likeness (QED) is 0.792. The van der Waals surface area contributed by atoms with Crippen LogP contribution in [-0.4, -0.2) is 56.9 Å². The van der Waals surface area contributed by atoms with E-state index in [1.165, 1.54) is 4.90 Å². The molecule has 7 nitrogen and oxygen atoms in total. The van der Waals surface area contributed by atoms with Gasteiger partial charge < -0.3 is 9.80 Å². The Morgan fingerprint density at radius 2 is 1.93 bits per heavy atom. The Labute approximate surface area is 168 Å².